The van der Waals surface area contributed by atoms with Gasteiger partial charge in [-0.05, 0) is 38.6 Å². The molecule has 0 aromatic carbocycles. The number of hydrogen-bond donors (Lipinski definition) is 0. The van der Waals surface area contributed by atoms with E-state index in [9.17, 15) is 9.59 Å². The normalized spacial score (nSPS) is 27.4. The van der Waals surface area contributed by atoms with Crippen LogP contribution in [0.15, 0.2) is 10.9 Å². The first-order valence-corrected chi connectivity index (χ1v) is 12.6. The number of ether oxygens (including phenoxy) is 1. The van der Waals surface area contributed by atoms with E-state index >= 15 is 0 Å². The van der Waals surface area contributed by atoms with Crippen molar-refractivity contribution in [1.29, 1.82) is 0 Å². The zero-order chi connectivity index (χ0) is 21.9. The smallest absolute Gasteiger partial charge is 0.253 e. The van der Waals surface area contributed by atoms with E-state index < -0.39 is 0 Å². The molecule has 2 atom stereocenters. The maximum atomic E-state index is 12.9. The number of piperazine rings is 1. The molecule has 4 aliphatic heterocycles. The maximum Gasteiger partial charge on any atom is 0.253 e. The van der Waals surface area contributed by atoms with Gasteiger partial charge in [0.1, 0.15) is 5.82 Å². The molecule has 3 saturated heterocycles. The SMILES string of the molecule is O=C(CN1CC[C@H](c2cc(=O)n3c(n2)CCCCC3)C1)N1CCN(C[C@H]2CCCO2)CC1. The summed E-state index contributed by atoms with van der Waals surface area (Å²) >= 11 is 0. The minimum absolute atomic E-state index is 0.0994. The van der Waals surface area contributed by atoms with E-state index in [1.165, 1.54) is 19.3 Å². The van der Waals surface area contributed by atoms with Crippen LogP contribution in [0.4, 0.5) is 0 Å². The largest absolute Gasteiger partial charge is 0.377 e. The highest BCUT2D eigenvalue weighted by Crippen LogP contribution is 2.26. The zero-order valence-corrected chi connectivity index (χ0v) is 19.2. The third-order valence-electron chi connectivity index (χ3n) is 7.65. The van der Waals surface area contributed by atoms with E-state index in [0.29, 0.717) is 12.6 Å². The second-order valence-corrected chi connectivity index (χ2v) is 9.93. The Morgan fingerprint density at radius 1 is 1.00 bits per heavy atom. The van der Waals surface area contributed by atoms with Crippen LogP contribution in [0.3, 0.4) is 0 Å². The quantitative estimate of drug-likeness (QED) is 0.678. The molecule has 8 nitrogen and oxygen atoms in total. The Labute approximate surface area is 190 Å². The highest BCUT2D eigenvalue weighted by molar-refractivity contribution is 5.78. The fourth-order valence-electron chi connectivity index (χ4n) is 5.71. The Hall–Kier alpha value is -1.77. The van der Waals surface area contributed by atoms with Gasteiger partial charge in [0.25, 0.3) is 5.56 Å². The molecule has 1 amide bonds. The van der Waals surface area contributed by atoms with Gasteiger partial charge in [-0.3, -0.25) is 24.0 Å². The fraction of sp³-hybridized carbons (Fsp3) is 0.792. The molecule has 5 heterocycles. The zero-order valence-electron chi connectivity index (χ0n) is 19.2. The molecule has 0 aliphatic carbocycles. The number of carbonyl (C=O) groups excluding carboxylic acids is 1. The molecule has 0 saturated carbocycles. The second kappa shape index (κ2) is 10.0. The van der Waals surface area contributed by atoms with Gasteiger partial charge in [0, 0.05) is 70.8 Å². The molecule has 5 rings (SSSR count). The minimum Gasteiger partial charge on any atom is -0.377 e. The number of nitrogens with zero attached hydrogens (tertiary/aromatic N) is 5. The van der Waals surface area contributed by atoms with E-state index in [4.69, 9.17) is 9.72 Å². The summed E-state index contributed by atoms with van der Waals surface area (Å²) in [7, 11) is 0. The predicted octanol–water partition coefficient (Wildman–Crippen LogP) is 1.08. The van der Waals surface area contributed by atoms with Gasteiger partial charge in [0.15, 0.2) is 0 Å². The Morgan fingerprint density at radius 3 is 2.69 bits per heavy atom. The van der Waals surface area contributed by atoms with Crippen molar-refractivity contribution < 1.29 is 9.53 Å². The summed E-state index contributed by atoms with van der Waals surface area (Å²) in [5, 5.41) is 0. The standard InChI is InChI=1S/C24H37N5O3/c30-23-15-21(25-22-6-2-1-3-8-29(22)23)19-7-9-27(16-19)18-24(31)28-12-10-26(11-13-28)17-20-5-4-14-32-20/h15,19-20H,1-14,16-18H2/t19-,20+/m0/s1. The molecule has 0 bridgehead atoms. The van der Waals surface area contributed by atoms with Crippen molar-refractivity contribution in [3.63, 3.8) is 0 Å². The van der Waals surface area contributed by atoms with Gasteiger partial charge in [-0.1, -0.05) is 6.42 Å². The van der Waals surface area contributed by atoms with Gasteiger partial charge < -0.3 is 9.64 Å². The Morgan fingerprint density at radius 2 is 1.88 bits per heavy atom. The Balaban J connectivity index is 1.11. The monoisotopic (exact) mass is 443 g/mol. The number of rotatable bonds is 5. The van der Waals surface area contributed by atoms with E-state index in [1.54, 1.807) is 6.07 Å². The van der Waals surface area contributed by atoms with Crippen molar-refractivity contribution in [3.8, 4) is 0 Å². The van der Waals surface area contributed by atoms with Crippen molar-refractivity contribution in [3.05, 3.63) is 27.9 Å². The van der Waals surface area contributed by atoms with Crippen LogP contribution in [-0.4, -0.2) is 95.2 Å². The van der Waals surface area contributed by atoms with Crippen LogP contribution in [0, 0.1) is 0 Å². The van der Waals surface area contributed by atoms with Crippen LogP contribution in [0.2, 0.25) is 0 Å². The topological polar surface area (TPSA) is 70.9 Å². The Kier molecular flexibility index (Phi) is 6.90. The molecule has 0 radical (unpaired) electrons. The average Bonchev–Trinajstić information content (AvgIpc) is 3.42. The number of fused-ring (bicyclic) bond motifs is 1. The summed E-state index contributed by atoms with van der Waals surface area (Å²) in [5.74, 6) is 1.45. The summed E-state index contributed by atoms with van der Waals surface area (Å²) in [6.45, 7) is 8.40. The number of hydrogen-bond acceptors (Lipinski definition) is 6. The molecule has 0 spiro atoms. The number of aryl methyl sites for hydroxylation is 1. The minimum atomic E-state index is 0.0994. The first-order valence-electron chi connectivity index (χ1n) is 12.6. The third-order valence-corrected chi connectivity index (χ3v) is 7.65. The highest BCUT2D eigenvalue weighted by atomic mass is 16.5. The summed E-state index contributed by atoms with van der Waals surface area (Å²) in [5.41, 5.74) is 1.03. The van der Waals surface area contributed by atoms with Crippen LogP contribution in [-0.2, 0) is 22.5 Å². The lowest BCUT2D eigenvalue weighted by Crippen LogP contribution is -2.52. The van der Waals surface area contributed by atoms with Gasteiger partial charge in [0.05, 0.1) is 18.3 Å². The van der Waals surface area contributed by atoms with Crippen molar-refractivity contribution in [2.75, 3.05) is 59.0 Å². The number of amides is 1. The third kappa shape index (κ3) is 5.07. The van der Waals surface area contributed by atoms with Crippen molar-refractivity contribution in [2.45, 2.75) is 63.5 Å². The van der Waals surface area contributed by atoms with Gasteiger partial charge in [-0.25, -0.2) is 4.98 Å². The lowest BCUT2D eigenvalue weighted by atomic mass is 10.0. The average molecular weight is 444 g/mol. The molecule has 176 valence electrons. The van der Waals surface area contributed by atoms with Gasteiger partial charge >= 0.3 is 0 Å². The van der Waals surface area contributed by atoms with Crippen LogP contribution in [0.1, 0.15) is 56.0 Å². The maximum absolute atomic E-state index is 12.9. The van der Waals surface area contributed by atoms with Crippen LogP contribution < -0.4 is 5.56 Å². The van der Waals surface area contributed by atoms with Gasteiger partial charge in [0.2, 0.25) is 5.91 Å². The molecular formula is C24H37N5O3. The molecule has 0 N–H and O–H groups in total. The van der Waals surface area contributed by atoms with E-state index in [-0.39, 0.29) is 17.4 Å². The molecule has 1 aromatic heterocycles. The van der Waals surface area contributed by atoms with E-state index in [2.05, 4.69) is 9.80 Å². The molecular weight excluding hydrogens is 406 g/mol. The molecule has 8 heteroatoms. The summed E-state index contributed by atoms with van der Waals surface area (Å²) in [6, 6.07) is 1.75. The molecule has 0 unspecified atom stereocenters. The molecule has 3 fully saturated rings. The van der Waals surface area contributed by atoms with Gasteiger partial charge in [-0.15, -0.1) is 0 Å². The van der Waals surface area contributed by atoms with Crippen molar-refractivity contribution in [2.24, 2.45) is 0 Å². The molecule has 1 aromatic rings. The highest BCUT2D eigenvalue weighted by Gasteiger charge is 2.30. The molecule has 4 aliphatic rings. The summed E-state index contributed by atoms with van der Waals surface area (Å²) in [6.07, 6.45) is 7.94. The number of likely N-dealkylation sites (tertiary alicyclic amines) is 1. The van der Waals surface area contributed by atoms with E-state index in [0.717, 1.165) is 96.2 Å². The van der Waals surface area contributed by atoms with Crippen molar-refractivity contribution in [1.82, 2.24) is 24.3 Å². The van der Waals surface area contributed by atoms with Crippen LogP contribution in [0.25, 0.3) is 0 Å². The van der Waals surface area contributed by atoms with Crippen LogP contribution in [0.5, 0.6) is 0 Å². The first kappa shape index (κ1) is 22.0. The lowest BCUT2D eigenvalue weighted by Gasteiger charge is -2.36. The lowest BCUT2D eigenvalue weighted by molar-refractivity contribution is -0.134. The molecule has 32 heavy (non-hydrogen) atoms. The first-order chi connectivity index (χ1) is 15.7. The van der Waals surface area contributed by atoms with Crippen molar-refractivity contribution >= 4 is 5.91 Å². The summed E-state index contributed by atoms with van der Waals surface area (Å²) < 4.78 is 7.62. The predicted molar refractivity (Wildman–Crippen MR) is 122 cm³/mol. The van der Waals surface area contributed by atoms with Crippen LogP contribution >= 0.6 is 0 Å². The summed E-state index contributed by atoms with van der Waals surface area (Å²) in [4.78, 5) is 37.1. The van der Waals surface area contributed by atoms with Gasteiger partial charge in [-0.2, -0.15) is 0 Å². The number of carbonyl (C=O) groups is 1. The number of aromatic nitrogens is 2. The van der Waals surface area contributed by atoms with E-state index in [1.807, 2.05) is 9.47 Å². The Bertz CT molecular complexity index is 858. The fourth-order valence-corrected chi connectivity index (χ4v) is 5.71. The second-order valence-electron chi connectivity index (χ2n) is 9.93.